The maximum absolute atomic E-state index is 5.72. The lowest BCUT2D eigenvalue weighted by Crippen LogP contribution is -2.03. The van der Waals surface area contributed by atoms with Crippen LogP contribution in [0.5, 0.6) is 11.5 Å². The molecule has 0 aliphatic rings. The molecule has 114 valence electrons. The Bertz CT molecular complexity index is 569. The number of ether oxygens (including phenoxy) is 3. The molecule has 0 saturated carbocycles. The monoisotopic (exact) mass is 292 g/mol. The maximum Gasteiger partial charge on any atom is 0.162 e. The molecule has 0 amide bonds. The van der Waals surface area contributed by atoms with Gasteiger partial charge in [0, 0.05) is 13.2 Å². The van der Waals surface area contributed by atoms with Gasteiger partial charge in [-0.25, -0.2) is 0 Å². The van der Waals surface area contributed by atoms with Gasteiger partial charge in [-0.15, -0.1) is 0 Å². The van der Waals surface area contributed by atoms with Crippen molar-refractivity contribution in [1.29, 1.82) is 0 Å². The second kappa shape index (κ2) is 7.66. The summed E-state index contributed by atoms with van der Waals surface area (Å²) < 4.78 is 21.1. The summed E-state index contributed by atoms with van der Waals surface area (Å²) in [7, 11) is 3.22. The fourth-order valence-electron chi connectivity index (χ4n) is 1.94. The minimum absolute atomic E-state index is 0.305. The third kappa shape index (κ3) is 4.21. The van der Waals surface area contributed by atoms with Crippen LogP contribution in [-0.2, 0) is 24.4 Å². The summed E-state index contributed by atoms with van der Waals surface area (Å²) in [5.41, 5.74) is 7.37. The third-order valence-corrected chi connectivity index (χ3v) is 2.93. The minimum atomic E-state index is 0.305. The predicted octanol–water partition coefficient (Wildman–Crippen LogP) is 1.91. The molecule has 0 aliphatic carbocycles. The van der Waals surface area contributed by atoms with Crippen LogP contribution in [0.2, 0.25) is 0 Å². The van der Waals surface area contributed by atoms with Gasteiger partial charge < -0.3 is 24.5 Å². The molecule has 0 unspecified atom stereocenters. The predicted molar refractivity (Wildman–Crippen MR) is 77.3 cm³/mol. The van der Waals surface area contributed by atoms with Gasteiger partial charge in [-0.1, -0.05) is 11.2 Å². The Kier molecular flexibility index (Phi) is 5.59. The molecule has 21 heavy (non-hydrogen) atoms. The largest absolute Gasteiger partial charge is 0.493 e. The third-order valence-electron chi connectivity index (χ3n) is 2.93. The van der Waals surface area contributed by atoms with Crippen molar-refractivity contribution >= 4 is 0 Å². The summed E-state index contributed by atoms with van der Waals surface area (Å²) in [5.74, 6) is 2.01. The molecule has 0 aliphatic heterocycles. The van der Waals surface area contributed by atoms with Crippen LogP contribution in [-0.4, -0.2) is 25.9 Å². The highest BCUT2D eigenvalue weighted by atomic mass is 16.5. The Balaban J connectivity index is 2.01. The van der Waals surface area contributed by atoms with Crippen LogP contribution < -0.4 is 15.2 Å². The van der Waals surface area contributed by atoms with Crippen molar-refractivity contribution in [2.75, 3.05) is 20.8 Å². The Morgan fingerprint density at radius 3 is 2.71 bits per heavy atom. The van der Waals surface area contributed by atoms with Crippen LogP contribution >= 0.6 is 0 Å². The van der Waals surface area contributed by atoms with E-state index >= 15 is 0 Å². The van der Waals surface area contributed by atoms with E-state index in [0.29, 0.717) is 42.7 Å². The summed E-state index contributed by atoms with van der Waals surface area (Å²) >= 11 is 0. The lowest BCUT2D eigenvalue weighted by Gasteiger charge is -2.11. The minimum Gasteiger partial charge on any atom is -0.493 e. The van der Waals surface area contributed by atoms with Gasteiger partial charge in [-0.05, 0) is 30.7 Å². The van der Waals surface area contributed by atoms with E-state index in [1.807, 2.05) is 18.2 Å². The number of benzene rings is 1. The molecule has 1 aromatic heterocycles. The first kappa shape index (κ1) is 15.3. The number of hydrogen-bond acceptors (Lipinski definition) is 6. The zero-order valence-electron chi connectivity index (χ0n) is 12.3. The Morgan fingerprint density at radius 1 is 1.14 bits per heavy atom. The Morgan fingerprint density at radius 2 is 2.00 bits per heavy atom. The van der Waals surface area contributed by atoms with E-state index in [4.69, 9.17) is 24.5 Å². The van der Waals surface area contributed by atoms with Crippen molar-refractivity contribution in [2.45, 2.75) is 19.6 Å². The zero-order valence-corrected chi connectivity index (χ0v) is 12.3. The lowest BCUT2D eigenvalue weighted by molar-refractivity contribution is 0.155. The van der Waals surface area contributed by atoms with E-state index in [2.05, 4.69) is 5.16 Å². The molecule has 2 aromatic rings. The van der Waals surface area contributed by atoms with Gasteiger partial charge >= 0.3 is 0 Å². The molecule has 0 fully saturated rings. The molecule has 0 atom stereocenters. The SMILES string of the molecule is COCc1cc(COc2ccc(CCN)cc2OC)no1. The van der Waals surface area contributed by atoms with E-state index in [1.165, 1.54) is 0 Å². The van der Waals surface area contributed by atoms with Crippen LogP contribution in [0.25, 0.3) is 0 Å². The van der Waals surface area contributed by atoms with Gasteiger partial charge in [-0.2, -0.15) is 0 Å². The molecule has 0 radical (unpaired) electrons. The first-order chi connectivity index (χ1) is 10.3. The molecule has 0 saturated heterocycles. The Hall–Kier alpha value is -2.05. The summed E-state index contributed by atoms with van der Waals surface area (Å²) in [4.78, 5) is 0. The van der Waals surface area contributed by atoms with Gasteiger partial charge in [0.05, 0.1) is 7.11 Å². The summed E-state index contributed by atoms with van der Waals surface area (Å²) in [5, 5.41) is 3.92. The van der Waals surface area contributed by atoms with E-state index in [0.717, 1.165) is 12.0 Å². The van der Waals surface area contributed by atoms with Crippen molar-refractivity contribution in [1.82, 2.24) is 5.16 Å². The molecule has 6 nitrogen and oxygen atoms in total. The summed E-state index contributed by atoms with van der Waals surface area (Å²) in [6.07, 6.45) is 0.806. The fourth-order valence-corrected chi connectivity index (χ4v) is 1.94. The first-order valence-corrected chi connectivity index (χ1v) is 6.70. The average molecular weight is 292 g/mol. The molecular formula is C15H20N2O4. The second-order valence-electron chi connectivity index (χ2n) is 4.53. The second-order valence-corrected chi connectivity index (χ2v) is 4.53. The number of hydrogen-bond donors (Lipinski definition) is 1. The molecule has 1 aromatic carbocycles. The quantitative estimate of drug-likeness (QED) is 0.800. The van der Waals surface area contributed by atoms with Crippen LogP contribution in [0, 0.1) is 0 Å². The van der Waals surface area contributed by atoms with Crippen LogP contribution in [0.1, 0.15) is 17.0 Å². The fraction of sp³-hybridized carbons (Fsp3) is 0.400. The number of rotatable bonds is 8. The number of aromatic nitrogens is 1. The summed E-state index contributed by atoms with van der Waals surface area (Å²) in [6.45, 7) is 1.30. The molecule has 0 spiro atoms. The zero-order chi connectivity index (χ0) is 15.1. The van der Waals surface area contributed by atoms with Gasteiger partial charge in [-0.3, -0.25) is 0 Å². The smallest absolute Gasteiger partial charge is 0.162 e. The standard InChI is InChI=1S/C15H20N2O4/c1-18-10-13-8-12(17-21-13)9-20-14-4-3-11(5-6-16)7-15(14)19-2/h3-4,7-8H,5-6,9-10,16H2,1-2H3. The number of methoxy groups -OCH3 is 2. The van der Waals surface area contributed by atoms with Crippen LogP contribution in [0.15, 0.2) is 28.8 Å². The summed E-state index contributed by atoms with van der Waals surface area (Å²) in [6, 6.07) is 7.59. The van der Waals surface area contributed by atoms with Crippen molar-refractivity contribution in [3.05, 3.63) is 41.3 Å². The molecule has 0 bridgehead atoms. The highest BCUT2D eigenvalue weighted by Gasteiger charge is 2.09. The van der Waals surface area contributed by atoms with Gasteiger partial charge in [0.25, 0.3) is 0 Å². The van der Waals surface area contributed by atoms with Crippen molar-refractivity contribution < 1.29 is 18.7 Å². The molecule has 2 N–H and O–H groups in total. The molecule has 2 rings (SSSR count). The van der Waals surface area contributed by atoms with Gasteiger partial charge in [0.15, 0.2) is 17.3 Å². The van der Waals surface area contributed by atoms with E-state index in [1.54, 1.807) is 20.3 Å². The van der Waals surface area contributed by atoms with Crippen LogP contribution in [0.3, 0.4) is 0 Å². The topological polar surface area (TPSA) is 79.7 Å². The molecule has 6 heteroatoms. The van der Waals surface area contributed by atoms with Gasteiger partial charge in [0.2, 0.25) is 0 Å². The molecule has 1 heterocycles. The average Bonchev–Trinajstić information content (AvgIpc) is 2.94. The number of nitrogens with zero attached hydrogens (tertiary/aromatic N) is 1. The van der Waals surface area contributed by atoms with E-state index in [9.17, 15) is 0 Å². The highest BCUT2D eigenvalue weighted by Crippen LogP contribution is 2.28. The maximum atomic E-state index is 5.72. The lowest BCUT2D eigenvalue weighted by atomic mass is 10.1. The van der Waals surface area contributed by atoms with E-state index < -0.39 is 0 Å². The highest BCUT2D eigenvalue weighted by molar-refractivity contribution is 5.43. The van der Waals surface area contributed by atoms with Crippen LogP contribution in [0.4, 0.5) is 0 Å². The van der Waals surface area contributed by atoms with Crippen molar-refractivity contribution in [2.24, 2.45) is 5.73 Å². The first-order valence-electron chi connectivity index (χ1n) is 6.70. The van der Waals surface area contributed by atoms with Crippen molar-refractivity contribution in [3.8, 4) is 11.5 Å². The number of nitrogens with two attached hydrogens (primary N) is 1. The van der Waals surface area contributed by atoms with Crippen molar-refractivity contribution in [3.63, 3.8) is 0 Å². The van der Waals surface area contributed by atoms with Gasteiger partial charge in [0.1, 0.15) is 18.9 Å². The Labute approximate surface area is 123 Å². The normalized spacial score (nSPS) is 10.6. The molecular weight excluding hydrogens is 272 g/mol. The van der Waals surface area contributed by atoms with E-state index in [-0.39, 0.29) is 0 Å².